The maximum atomic E-state index is 12.4. The smallest absolute Gasteiger partial charge is 0.175 e. The van der Waals surface area contributed by atoms with Gasteiger partial charge in [0.1, 0.15) is 19.0 Å². The highest BCUT2D eigenvalue weighted by Gasteiger charge is 2.30. The Morgan fingerprint density at radius 3 is 2.79 bits per heavy atom. The van der Waals surface area contributed by atoms with Crippen molar-refractivity contribution in [1.29, 1.82) is 0 Å². The summed E-state index contributed by atoms with van der Waals surface area (Å²) in [6, 6.07) is 3.46. The maximum Gasteiger partial charge on any atom is 0.175 e. The molecule has 100 valence electrons. The van der Waals surface area contributed by atoms with E-state index in [2.05, 4.69) is 15.9 Å². The first-order valence-corrected chi connectivity index (χ1v) is 7.09. The standard InChI is InChI=1S/C14H13BrO4/c15-11-6-9(7-12-14(11)19-4-3-18-12)13(17)8-1-2-10(16)5-8/h6-8H,1-5H2. The van der Waals surface area contributed by atoms with E-state index in [0.717, 1.165) is 4.47 Å². The minimum atomic E-state index is -0.179. The molecule has 3 rings (SSSR count). The van der Waals surface area contributed by atoms with Crippen molar-refractivity contribution in [3.63, 3.8) is 0 Å². The van der Waals surface area contributed by atoms with Crippen molar-refractivity contribution in [2.75, 3.05) is 13.2 Å². The Morgan fingerprint density at radius 2 is 2.05 bits per heavy atom. The summed E-state index contributed by atoms with van der Waals surface area (Å²) in [4.78, 5) is 23.6. The van der Waals surface area contributed by atoms with Crippen LogP contribution in [0.3, 0.4) is 0 Å². The number of carbonyl (C=O) groups excluding carboxylic acids is 2. The lowest BCUT2D eigenvalue weighted by molar-refractivity contribution is -0.117. The highest BCUT2D eigenvalue weighted by Crippen LogP contribution is 2.39. The Labute approximate surface area is 119 Å². The molecule has 0 bridgehead atoms. The molecule has 1 aromatic carbocycles. The molecule has 0 aromatic heterocycles. The normalized spacial score (nSPS) is 21.5. The maximum absolute atomic E-state index is 12.4. The van der Waals surface area contributed by atoms with Crippen LogP contribution in [0.4, 0.5) is 0 Å². The van der Waals surface area contributed by atoms with Crippen molar-refractivity contribution >= 4 is 27.5 Å². The highest BCUT2D eigenvalue weighted by molar-refractivity contribution is 9.10. The fourth-order valence-electron chi connectivity index (χ4n) is 2.53. The average Bonchev–Trinajstić information content (AvgIpc) is 2.84. The van der Waals surface area contributed by atoms with Crippen LogP contribution < -0.4 is 9.47 Å². The molecule has 1 unspecified atom stereocenters. The van der Waals surface area contributed by atoms with Crippen LogP contribution in [0.15, 0.2) is 16.6 Å². The van der Waals surface area contributed by atoms with Crippen molar-refractivity contribution in [3.05, 3.63) is 22.2 Å². The zero-order chi connectivity index (χ0) is 13.4. The predicted octanol–water partition coefficient (Wildman–Crippen LogP) is 2.77. The number of ketones is 2. The van der Waals surface area contributed by atoms with E-state index in [-0.39, 0.29) is 17.5 Å². The van der Waals surface area contributed by atoms with Crippen molar-refractivity contribution in [2.24, 2.45) is 5.92 Å². The van der Waals surface area contributed by atoms with Crippen LogP contribution >= 0.6 is 15.9 Å². The van der Waals surface area contributed by atoms with Crippen LogP contribution in [0.25, 0.3) is 0 Å². The van der Waals surface area contributed by atoms with Crippen LogP contribution in [-0.4, -0.2) is 24.8 Å². The van der Waals surface area contributed by atoms with E-state index < -0.39 is 0 Å². The molecule has 0 radical (unpaired) electrons. The van der Waals surface area contributed by atoms with E-state index in [0.29, 0.717) is 49.5 Å². The van der Waals surface area contributed by atoms with E-state index in [1.54, 1.807) is 12.1 Å². The summed E-state index contributed by atoms with van der Waals surface area (Å²) in [5.74, 6) is 1.25. The van der Waals surface area contributed by atoms with Gasteiger partial charge in [0.15, 0.2) is 17.3 Å². The van der Waals surface area contributed by atoms with Gasteiger partial charge >= 0.3 is 0 Å². The Bertz CT molecular complexity index is 553. The number of carbonyl (C=O) groups is 2. The minimum Gasteiger partial charge on any atom is -0.486 e. The predicted molar refractivity (Wildman–Crippen MR) is 71.8 cm³/mol. The quantitative estimate of drug-likeness (QED) is 0.785. The molecular formula is C14H13BrO4. The zero-order valence-electron chi connectivity index (χ0n) is 10.3. The SMILES string of the molecule is O=C1CCC(C(=O)c2cc(Br)c3c(c2)OCCO3)C1. The Kier molecular flexibility index (Phi) is 3.31. The largest absolute Gasteiger partial charge is 0.486 e. The molecular weight excluding hydrogens is 312 g/mol. The Morgan fingerprint density at radius 1 is 1.26 bits per heavy atom. The molecule has 0 spiro atoms. The average molecular weight is 325 g/mol. The molecule has 1 aliphatic heterocycles. The lowest BCUT2D eigenvalue weighted by Crippen LogP contribution is -2.17. The second-order valence-corrected chi connectivity index (χ2v) is 5.68. The second-order valence-electron chi connectivity index (χ2n) is 4.82. The van der Waals surface area contributed by atoms with Crippen molar-refractivity contribution in [2.45, 2.75) is 19.3 Å². The van der Waals surface area contributed by atoms with Gasteiger partial charge in [0, 0.05) is 24.3 Å². The van der Waals surface area contributed by atoms with Gasteiger partial charge in [-0.2, -0.15) is 0 Å². The van der Waals surface area contributed by atoms with Gasteiger partial charge in [0.25, 0.3) is 0 Å². The second kappa shape index (κ2) is 4.96. The first-order valence-electron chi connectivity index (χ1n) is 6.30. The fraction of sp³-hybridized carbons (Fsp3) is 0.429. The van der Waals surface area contributed by atoms with E-state index in [1.807, 2.05) is 0 Å². The third-order valence-corrected chi connectivity index (χ3v) is 4.09. The summed E-state index contributed by atoms with van der Waals surface area (Å²) in [7, 11) is 0. The summed E-state index contributed by atoms with van der Waals surface area (Å²) in [6.45, 7) is 0.995. The lowest BCUT2D eigenvalue weighted by atomic mass is 9.96. The number of hydrogen-bond acceptors (Lipinski definition) is 4. The van der Waals surface area contributed by atoms with Gasteiger partial charge in [-0.1, -0.05) is 0 Å². The van der Waals surface area contributed by atoms with Gasteiger partial charge in [-0.15, -0.1) is 0 Å². The van der Waals surface area contributed by atoms with E-state index in [9.17, 15) is 9.59 Å². The Hall–Kier alpha value is -1.36. The van der Waals surface area contributed by atoms with Crippen molar-refractivity contribution < 1.29 is 19.1 Å². The first kappa shape index (κ1) is 12.7. The molecule has 4 nitrogen and oxygen atoms in total. The third-order valence-electron chi connectivity index (χ3n) is 3.50. The molecule has 19 heavy (non-hydrogen) atoms. The number of fused-ring (bicyclic) bond motifs is 1. The molecule has 0 N–H and O–H groups in total. The van der Waals surface area contributed by atoms with E-state index in [4.69, 9.17) is 9.47 Å². The van der Waals surface area contributed by atoms with Crippen LogP contribution in [0.5, 0.6) is 11.5 Å². The molecule has 1 heterocycles. The highest BCUT2D eigenvalue weighted by atomic mass is 79.9. The van der Waals surface area contributed by atoms with Gasteiger partial charge in [-0.05, 0) is 34.5 Å². The number of halogens is 1. The monoisotopic (exact) mass is 324 g/mol. The van der Waals surface area contributed by atoms with Crippen LogP contribution in [0, 0.1) is 5.92 Å². The summed E-state index contributed by atoms with van der Waals surface area (Å²) in [5.41, 5.74) is 0.579. The van der Waals surface area contributed by atoms with Gasteiger partial charge in [0.2, 0.25) is 0 Å². The zero-order valence-corrected chi connectivity index (χ0v) is 11.9. The first-order chi connectivity index (χ1) is 9.15. The molecule has 1 aliphatic carbocycles. The van der Waals surface area contributed by atoms with Gasteiger partial charge in [-0.3, -0.25) is 9.59 Å². The summed E-state index contributed by atoms with van der Waals surface area (Å²) in [5, 5.41) is 0. The topological polar surface area (TPSA) is 52.6 Å². The molecule has 1 aromatic rings. The fourth-order valence-corrected chi connectivity index (χ4v) is 3.08. The number of hydrogen-bond donors (Lipinski definition) is 0. The van der Waals surface area contributed by atoms with Crippen LogP contribution in [0.1, 0.15) is 29.6 Å². The van der Waals surface area contributed by atoms with Crippen molar-refractivity contribution in [1.82, 2.24) is 0 Å². The molecule has 0 amide bonds. The van der Waals surface area contributed by atoms with Crippen LogP contribution in [0.2, 0.25) is 0 Å². The van der Waals surface area contributed by atoms with Gasteiger partial charge in [-0.25, -0.2) is 0 Å². The minimum absolute atomic E-state index is 0.0172. The van der Waals surface area contributed by atoms with E-state index >= 15 is 0 Å². The number of Topliss-reactive ketones (excluding diaryl/α,β-unsaturated/α-hetero) is 2. The summed E-state index contributed by atoms with van der Waals surface area (Å²) in [6.07, 6.45) is 1.54. The molecule has 1 atom stereocenters. The number of benzene rings is 1. The molecule has 1 saturated carbocycles. The number of rotatable bonds is 2. The molecule has 2 aliphatic rings. The molecule has 5 heteroatoms. The van der Waals surface area contributed by atoms with Crippen molar-refractivity contribution in [3.8, 4) is 11.5 Å². The molecule has 1 fully saturated rings. The van der Waals surface area contributed by atoms with E-state index in [1.165, 1.54) is 0 Å². The van der Waals surface area contributed by atoms with Crippen LogP contribution in [-0.2, 0) is 4.79 Å². The molecule has 0 saturated heterocycles. The van der Waals surface area contributed by atoms with Gasteiger partial charge in [0.05, 0.1) is 4.47 Å². The summed E-state index contributed by atoms with van der Waals surface area (Å²) >= 11 is 3.40. The third kappa shape index (κ3) is 2.39. The van der Waals surface area contributed by atoms with Gasteiger partial charge < -0.3 is 9.47 Å². The number of ether oxygens (including phenoxy) is 2. The Balaban J connectivity index is 1.90. The summed E-state index contributed by atoms with van der Waals surface area (Å²) < 4.78 is 11.7. The lowest BCUT2D eigenvalue weighted by Gasteiger charge is -2.20.